The van der Waals surface area contributed by atoms with E-state index in [4.69, 9.17) is 25.2 Å². The van der Waals surface area contributed by atoms with Gasteiger partial charge >= 0.3 is 12.0 Å². The van der Waals surface area contributed by atoms with Gasteiger partial charge in [0.05, 0.1) is 18.4 Å². The van der Waals surface area contributed by atoms with Crippen molar-refractivity contribution >= 4 is 34.7 Å². The van der Waals surface area contributed by atoms with Gasteiger partial charge in [0.2, 0.25) is 0 Å². The van der Waals surface area contributed by atoms with E-state index in [1.807, 2.05) is 6.07 Å². The summed E-state index contributed by atoms with van der Waals surface area (Å²) in [5, 5.41) is 6.21. The molecule has 5 rings (SSSR count). The molecule has 1 aromatic carbocycles. The number of ether oxygens (including phenoxy) is 1. The molecule has 2 aliphatic rings. The van der Waals surface area contributed by atoms with E-state index in [-0.39, 0.29) is 18.6 Å². The topological polar surface area (TPSA) is 110 Å². The fraction of sp³-hybridized carbons (Fsp3) is 0.375. The van der Waals surface area contributed by atoms with E-state index in [9.17, 15) is 9.59 Å². The number of piperidine rings is 1. The Hall–Kier alpha value is -3.30. The molecule has 0 bridgehead atoms. The number of furan rings is 1. The molecule has 9 nitrogen and oxygen atoms in total. The third kappa shape index (κ3) is 4.53. The molecule has 0 spiro atoms. The number of rotatable bonds is 6. The number of nitrogens with one attached hydrogen (secondary N) is 2. The first-order chi connectivity index (χ1) is 16.5. The number of hydrogen-bond acceptors (Lipinski definition) is 7. The van der Waals surface area contributed by atoms with Crippen molar-refractivity contribution in [2.45, 2.75) is 31.7 Å². The van der Waals surface area contributed by atoms with Crippen molar-refractivity contribution in [3.63, 3.8) is 0 Å². The maximum atomic E-state index is 12.8. The summed E-state index contributed by atoms with van der Waals surface area (Å²) in [6, 6.07) is 7.79. The smallest absolute Gasteiger partial charge is 0.338 e. The maximum Gasteiger partial charge on any atom is 0.338 e. The summed E-state index contributed by atoms with van der Waals surface area (Å²) >= 11 is 6.07. The Balaban J connectivity index is 1.33. The van der Waals surface area contributed by atoms with Gasteiger partial charge in [-0.3, -0.25) is 4.90 Å². The Morgan fingerprint density at radius 1 is 1.29 bits per heavy atom. The molecule has 1 saturated heterocycles. The minimum atomic E-state index is -0.707. The van der Waals surface area contributed by atoms with Crippen molar-refractivity contribution in [3.05, 3.63) is 64.5 Å². The van der Waals surface area contributed by atoms with Crippen LogP contribution in [0.15, 0.2) is 56.7 Å². The molecule has 2 aliphatic heterocycles. The predicted octanol–water partition coefficient (Wildman–Crippen LogP) is 4.12. The number of amides is 2. The third-order valence-corrected chi connectivity index (χ3v) is 6.40. The number of carbonyl (C=O) groups is 2. The number of likely N-dealkylation sites (tertiary alicyclic amines) is 1. The van der Waals surface area contributed by atoms with Crippen molar-refractivity contribution in [3.8, 4) is 0 Å². The van der Waals surface area contributed by atoms with Crippen LogP contribution in [-0.4, -0.2) is 48.1 Å². The Morgan fingerprint density at radius 2 is 2.12 bits per heavy atom. The Bertz CT molecular complexity index is 1230. The lowest BCUT2D eigenvalue weighted by molar-refractivity contribution is -0.139. The van der Waals surface area contributed by atoms with Crippen LogP contribution < -0.4 is 10.6 Å². The lowest BCUT2D eigenvalue weighted by atomic mass is 9.95. The number of halogens is 1. The lowest BCUT2D eigenvalue weighted by Crippen LogP contribution is -2.49. The van der Waals surface area contributed by atoms with E-state index in [0.29, 0.717) is 28.6 Å². The van der Waals surface area contributed by atoms with Crippen LogP contribution in [0.5, 0.6) is 0 Å². The zero-order valence-corrected chi connectivity index (χ0v) is 19.4. The summed E-state index contributed by atoms with van der Waals surface area (Å²) in [4.78, 5) is 32.1. The summed E-state index contributed by atoms with van der Waals surface area (Å²) in [7, 11) is 0. The molecular formula is C24H25ClN4O5. The highest BCUT2D eigenvalue weighted by atomic mass is 35.5. The Labute approximate surface area is 201 Å². The number of nitrogens with zero attached hydrogens (tertiary/aromatic N) is 2. The van der Waals surface area contributed by atoms with Crippen molar-refractivity contribution in [1.29, 1.82) is 0 Å². The molecule has 2 aromatic heterocycles. The Kier molecular flexibility index (Phi) is 6.30. The SMILES string of the molecule is CCOC(=O)C1=C(CN2CCC(c3nc4cc(Cl)ccc4o3)CC2)NC(=O)NC1c1ccco1. The van der Waals surface area contributed by atoms with Gasteiger partial charge < -0.3 is 24.2 Å². The van der Waals surface area contributed by atoms with Crippen LogP contribution in [0, 0.1) is 0 Å². The largest absolute Gasteiger partial charge is 0.467 e. The molecule has 0 radical (unpaired) electrons. The van der Waals surface area contributed by atoms with Gasteiger partial charge in [-0.1, -0.05) is 11.6 Å². The van der Waals surface area contributed by atoms with Gasteiger partial charge in [0, 0.05) is 23.2 Å². The molecule has 0 aliphatic carbocycles. The zero-order valence-electron chi connectivity index (χ0n) is 18.7. The van der Waals surface area contributed by atoms with Gasteiger partial charge in [-0.25, -0.2) is 14.6 Å². The van der Waals surface area contributed by atoms with E-state index in [0.717, 1.165) is 42.9 Å². The molecule has 1 atom stereocenters. The number of hydrogen-bond donors (Lipinski definition) is 2. The molecule has 1 unspecified atom stereocenters. The second-order valence-electron chi connectivity index (χ2n) is 8.37. The van der Waals surface area contributed by atoms with Crippen LogP contribution in [-0.2, 0) is 9.53 Å². The second kappa shape index (κ2) is 9.52. The first-order valence-corrected chi connectivity index (χ1v) is 11.7. The van der Waals surface area contributed by atoms with E-state index in [2.05, 4.69) is 20.5 Å². The van der Waals surface area contributed by atoms with Crippen LogP contribution in [0.25, 0.3) is 11.1 Å². The normalized spacial score (nSPS) is 19.8. The van der Waals surface area contributed by atoms with Crippen LogP contribution in [0.2, 0.25) is 5.02 Å². The second-order valence-corrected chi connectivity index (χ2v) is 8.81. The number of urea groups is 1. The third-order valence-electron chi connectivity index (χ3n) is 6.16. The van der Waals surface area contributed by atoms with Crippen LogP contribution in [0.4, 0.5) is 4.79 Å². The molecule has 2 amide bonds. The van der Waals surface area contributed by atoms with Gasteiger partial charge in [0.1, 0.15) is 17.3 Å². The van der Waals surface area contributed by atoms with Gasteiger partial charge in [0.15, 0.2) is 11.5 Å². The summed E-state index contributed by atoms with van der Waals surface area (Å²) in [5.74, 6) is 0.910. The van der Waals surface area contributed by atoms with E-state index in [1.54, 1.807) is 31.2 Å². The molecule has 34 heavy (non-hydrogen) atoms. The molecule has 4 heterocycles. The minimum Gasteiger partial charge on any atom is -0.467 e. The zero-order chi connectivity index (χ0) is 23.7. The lowest BCUT2D eigenvalue weighted by Gasteiger charge is -2.34. The highest BCUT2D eigenvalue weighted by Gasteiger charge is 2.36. The molecule has 3 aromatic rings. The molecule has 10 heteroatoms. The highest BCUT2D eigenvalue weighted by Crippen LogP contribution is 2.32. The molecule has 0 saturated carbocycles. The average Bonchev–Trinajstić information content (AvgIpc) is 3.49. The first kappa shape index (κ1) is 22.5. The Morgan fingerprint density at radius 3 is 2.85 bits per heavy atom. The van der Waals surface area contributed by atoms with Gasteiger partial charge in [-0.15, -0.1) is 0 Å². The summed E-state index contributed by atoms with van der Waals surface area (Å²) in [6.07, 6.45) is 3.20. The first-order valence-electron chi connectivity index (χ1n) is 11.3. The van der Waals surface area contributed by atoms with Gasteiger partial charge in [-0.2, -0.15) is 0 Å². The number of fused-ring (bicyclic) bond motifs is 1. The fourth-order valence-electron chi connectivity index (χ4n) is 4.52. The van der Waals surface area contributed by atoms with Crippen molar-refractivity contribution in [2.24, 2.45) is 0 Å². The number of aromatic nitrogens is 1. The van der Waals surface area contributed by atoms with Crippen LogP contribution in [0.3, 0.4) is 0 Å². The van der Waals surface area contributed by atoms with E-state index >= 15 is 0 Å². The molecule has 2 N–H and O–H groups in total. The maximum absolute atomic E-state index is 12.8. The monoisotopic (exact) mass is 484 g/mol. The number of carbonyl (C=O) groups excluding carboxylic acids is 2. The van der Waals surface area contributed by atoms with E-state index < -0.39 is 12.0 Å². The molecular weight excluding hydrogens is 460 g/mol. The fourth-order valence-corrected chi connectivity index (χ4v) is 4.68. The molecule has 1 fully saturated rings. The van der Waals surface area contributed by atoms with E-state index in [1.165, 1.54) is 6.26 Å². The van der Waals surface area contributed by atoms with Crippen LogP contribution >= 0.6 is 11.6 Å². The number of benzene rings is 1. The highest BCUT2D eigenvalue weighted by molar-refractivity contribution is 6.31. The van der Waals surface area contributed by atoms with Crippen molar-refractivity contribution in [2.75, 3.05) is 26.2 Å². The van der Waals surface area contributed by atoms with Gasteiger partial charge in [-0.05, 0) is 63.2 Å². The predicted molar refractivity (Wildman–Crippen MR) is 124 cm³/mol. The van der Waals surface area contributed by atoms with Crippen LogP contribution in [0.1, 0.15) is 43.4 Å². The summed E-state index contributed by atoms with van der Waals surface area (Å²) < 4.78 is 16.7. The average molecular weight is 485 g/mol. The number of oxazole rings is 1. The summed E-state index contributed by atoms with van der Waals surface area (Å²) in [6.45, 7) is 3.92. The standard InChI is InChI=1S/C24H25ClN4O5/c1-2-32-23(30)20-17(27-24(31)28-21(20)19-4-3-11-33-19)13-29-9-7-14(8-10-29)22-26-16-12-15(25)5-6-18(16)34-22/h3-6,11-12,14,21H,2,7-10,13H2,1H3,(H2,27,28,31). The molecule has 178 valence electrons. The van der Waals surface area contributed by atoms with Gasteiger partial charge in [0.25, 0.3) is 0 Å². The van der Waals surface area contributed by atoms with Crippen molar-refractivity contribution < 1.29 is 23.2 Å². The quantitative estimate of drug-likeness (QED) is 0.506. The minimum absolute atomic E-state index is 0.194. The van der Waals surface area contributed by atoms with Crippen molar-refractivity contribution in [1.82, 2.24) is 20.5 Å². The summed E-state index contributed by atoms with van der Waals surface area (Å²) in [5.41, 5.74) is 2.37. The number of esters is 1.